The summed E-state index contributed by atoms with van der Waals surface area (Å²) in [4.78, 5) is 0. The Morgan fingerprint density at radius 3 is 2.65 bits per heavy atom. The van der Waals surface area contributed by atoms with Crippen molar-refractivity contribution in [1.29, 1.82) is 0 Å². The predicted molar refractivity (Wildman–Crippen MR) is 92.5 cm³/mol. The van der Waals surface area contributed by atoms with Gasteiger partial charge in [-0.05, 0) is 90.4 Å². The Labute approximate surface area is 139 Å². The van der Waals surface area contributed by atoms with Crippen LogP contribution in [0.1, 0.15) is 69.9 Å². The number of hydrogen-bond acceptors (Lipinski definition) is 2. The summed E-state index contributed by atoms with van der Waals surface area (Å²) in [5, 5.41) is 20.7. The van der Waals surface area contributed by atoms with Gasteiger partial charge in [0.15, 0.2) is 0 Å². The molecule has 2 heteroatoms. The summed E-state index contributed by atoms with van der Waals surface area (Å²) in [7, 11) is 0. The second kappa shape index (κ2) is 4.99. The summed E-state index contributed by atoms with van der Waals surface area (Å²) in [6, 6.07) is 5.99. The van der Waals surface area contributed by atoms with E-state index in [1.807, 2.05) is 12.1 Å². The Balaban J connectivity index is 1.71. The average Bonchev–Trinajstić information content (AvgIpc) is 2.47. The molecule has 2 saturated carbocycles. The van der Waals surface area contributed by atoms with E-state index in [1.165, 1.54) is 30.4 Å². The monoisotopic (exact) mass is 314 g/mol. The van der Waals surface area contributed by atoms with Gasteiger partial charge in [-0.25, -0.2) is 0 Å². The third-order valence-electron chi connectivity index (χ3n) is 7.43. The minimum absolute atomic E-state index is 0.102. The molecule has 0 aliphatic heterocycles. The molecule has 5 atom stereocenters. The van der Waals surface area contributed by atoms with Gasteiger partial charge in [0, 0.05) is 0 Å². The molecular weight excluding hydrogens is 284 g/mol. The molecule has 2 N–H and O–H groups in total. The maximum absolute atomic E-state index is 10.9. The number of aliphatic hydroxyl groups is 1. The van der Waals surface area contributed by atoms with Crippen LogP contribution in [-0.4, -0.2) is 16.3 Å². The molecule has 3 aliphatic carbocycles. The standard InChI is InChI=1S/C21H30O2/c1-20(2)11-18-17-6-4-13-10-14(22)5-7-15(13)16(17)8-9-21(18,3)19(23)12-20/h5,7,10,16-19,22-23H,4,6,8-9,11-12H2,1-3H3/t16?,17?,18?,19-,21-/m0/s1. The molecule has 0 amide bonds. The van der Waals surface area contributed by atoms with Crippen LogP contribution in [0.25, 0.3) is 0 Å². The molecule has 0 spiro atoms. The van der Waals surface area contributed by atoms with Crippen molar-refractivity contribution in [2.24, 2.45) is 22.7 Å². The molecule has 0 bridgehead atoms. The van der Waals surface area contributed by atoms with Gasteiger partial charge in [-0.15, -0.1) is 0 Å². The Hall–Kier alpha value is -1.02. The van der Waals surface area contributed by atoms with Crippen molar-refractivity contribution in [2.75, 3.05) is 0 Å². The number of benzene rings is 1. The number of aromatic hydroxyl groups is 1. The second-order valence-electron chi connectivity index (χ2n) is 9.43. The molecule has 2 nitrogen and oxygen atoms in total. The number of aliphatic hydroxyl groups excluding tert-OH is 1. The number of fused-ring (bicyclic) bond motifs is 5. The second-order valence-corrected chi connectivity index (χ2v) is 9.43. The summed E-state index contributed by atoms with van der Waals surface area (Å²) >= 11 is 0. The highest BCUT2D eigenvalue weighted by Gasteiger charge is 2.55. The third kappa shape index (κ3) is 2.33. The minimum atomic E-state index is -0.154. The molecule has 1 aromatic carbocycles. The van der Waals surface area contributed by atoms with Crippen molar-refractivity contribution in [3.05, 3.63) is 29.3 Å². The summed E-state index contributed by atoms with van der Waals surface area (Å²) in [6.07, 6.45) is 6.65. The van der Waals surface area contributed by atoms with Gasteiger partial charge < -0.3 is 10.2 Å². The van der Waals surface area contributed by atoms with E-state index in [4.69, 9.17) is 0 Å². The van der Waals surface area contributed by atoms with Gasteiger partial charge >= 0.3 is 0 Å². The van der Waals surface area contributed by atoms with Crippen LogP contribution in [0.3, 0.4) is 0 Å². The first-order chi connectivity index (χ1) is 10.8. The van der Waals surface area contributed by atoms with E-state index in [-0.39, 0.29) is 16.9 Å². The van der Waals surface area contributed by atoms with Crippen molar-refractivity contribution in [3.8, 4) is 5.75 Å². The highest BCUT2D eigenvalue weighted by atomic mass is 16.3. The van der Waals surface area contributed by atoms with E-state index in [1.54, 1.807) is 0 Å². The molecular formula is C21H30O2. The zero-order chi connectivity index (χ0) is 16.4. The summed E-state index contributed by atoms with van der Waals surface area (Å²) in [6.45, 7) is 7.00. The quantitative estimate of drug-likeness (QED) is 0.732. The zero-order valence-corrected chi connectivity index (χ0v) is 14.7. The van der Waals surface area contributed by atoms with E-state index in [9.17, 15) is 10.2 Å². The number of rotatable bonds is 0. The van der Waals surface area contributed by atoms with E-state index in [0.29, 0.717) is 23.5 Å². The fourth-order valence-electron chi connectivity index (χ4n) is 6.15. The molecule has 0 aromatic heterocycles. The molecule has 1 aromatic rings. The SMILES string of the molecule is CC1(C)CC2C3CCc4cc(O)ccc4C3CC[C@]2(C)[C@@H](O)C1. The Morgan fingerprint density at radius 1 is 1.09 bits per heavy atom. The molecule has 4 rings (SSSR count). The van der Waals surface area contributed by atoms with Gasteiger partial charge in [0.05, 0.1) is 6.10 Å². The maximum atomic E-state index is 10.9. The smallest absolute Gasteiger partial charge is 0.115 e. The maximum Gasteiger partial charge on any atom is 0.115 e. The average molecular weight is 314 g/mol. The molecule has 126 valence electrons. The summed E-state index contributed by atoms with van der Waals surface area (Å²) in [5.41, 5.74) is 3.18. The summed E-state index contributed by atoms with van der Waals surface area (Å²) < 4.78 is 0. The number of aryl methyl sites for hydroxylation is 1. The van der Waals surface area contributed by atoms with Crippen molar-refractivity contribution in [1.82, 2.24) is 0 Å². The van der Waals surface area contributed by atoms with Crippen LogP contribution in [-0.2, 0) is 6.42 Å². The highest BCUT2D eigenvalue weighted by molar-refractivity contribution is 5.40. The first-order valence-electron chi connectivity index (χ1n) is 9.30. The first kappa shape index (κ1) is 15.5. The Kier molecular flexibility index (Phi) is 3.36. The van der Waals surface area contributed by atoms with Crippen molar-refractivity contribution >= 4 is 0 Å². The van der Waals surface area contributed by atoms with Gasteiger partial charge in [-0.3, -0.25) is 0 Å². The van der Waals surface area contributed by atoms with Crippen LogP contribution in [0.15, 0.2) is 18.2 Å². The highest BCUT2D eigenvalue weighted by Crippen LogP contribution is 2.62. The predicted octanol–water partition coefficient (Wildman–Crippen LogP) is 4.64. The van der Waals surface area contributed by atoms with Gasteiger partial charge in [-0.1, -0.05) is 26.8 Å². The lowest BCUT2D eigenvalue weighted by Crippen LogP contribution is -2.54. The fraction of sp³-hybridized carbons (Fsp3) is 0.714. The normalized spacial score (nSPS) is 41.6. The number of phenols is 1. The van der Waals surface area contributed by atoms with Crippen LogP contribution in [0.5, 0.6) is 5.75 Å². The molecule has 2 fully saturated rings. The Bertz CT molecular complexity index is 620. The van der Waals surface area contributed by atoms with E-state index in [0.717, 1.165) is 19.3 Å². The van der Waals surface area contributed by atoms with E-state index in [2.05, 4.69) is 26.8 Å². The molecule has 3 aliphatic rings. The largest absolute Gasteiger partial charge is 0.508 e. The van der Waals surface area contributed by atoms with Crippen molar-refractivity contribution < 1.29 is 10.2 Å². The van der Waals surface area contributed by atoms with Crippen LogP contribution in [0.2, 0.25) is 0 Å². The van der Waals surface area contributed by atoms with Crippen LogP contribution in [0, 0.1) is 22.7 Å². The summed E-state index contributed by atoms with van der Waals surface area (Å²) in [5.74, 6) is 2.34. The van der Waals surface area contributed by atoms with Crippen LogP contribution in [0.4, 0.5) is 0 Å². The van der Waals surface area contributed by atoms with Gasteiger partial charge in [-0.2, -0.15) is 0 Å². The van der Waals surface area contributed by atoms with Gasteiger partial charge in [0.25, 0.3) is 0 Å². The van der Waals surface area contributed by atoms with Crippen LogP contribution >= 0.6 is 0 Å². The number of phenolic OH excluding ortho intramolecular Hbond substituents is 1. The number of hydrogen-bond donors (Lipinski definition) is 2. The van der Waals surface area contributed by atoms with E-state index >= 15 is 0 Å². The Morgan fingerprint density at radius 2 is 1.87 bits per heavy atom. The molecule has 23 heavy (non-hydrogen) atoms. The third-order valence-corrected chi connectivity index (χ3v) is 7.43. The van der Waals surface area contributed by atoms with Gasteiger partial charge in [0.2, 0.25) is 0 Å². The molecule has 0 radical (unpaired) electrons. The lowest BCUT2D eigenvalue weighted by Gasteiger charge is -2.59. The van der Waals surface area contributed by atoms with E-state index < -0.39 is 0 Å². The topological polar surface area (TPSA) is 40.5 Å². The molecule has 3 unspecified atom stereocenters. The molecule has 0 heterocycles. The lowest BCUT2D eigenvalue weighted by molar-refractivity contribution is -0.132. The lowest BCUT2D eigenvalue weighted by atomic mass is 9.47. The van der Waals surface area contributed by atoms with Gasteiger partial charge in [0.1, 0.15) is 5.75 Å². The van der Waals surface area contributed by atoms with Crippen LogP contribution < -0.4 is 0 Å². The minimum Gasteiger partial charge on any atom is -0.508 e. The first-order valence-corrected chi connectivity index (χ1v) is 9.30. The van der Waals surface area contributed by atoms with Crippen molar-refractivity contribution in [3.63, 3.8) is 0 Å². The van der Waals surface area contributed by atoms with Crippen molar-refractivity contribution in [2.45, 2.75) is 71.3 Å². The molecule has 0 saturated heterocycles. The fourth-order valence-corrected chi connectivity index (χ4v) is 6.15. The zero-order valence-electron chi connectivity index (χ0n) is 14.7.